The highest BCUT2D eigenvalue weighted by Crippen LogP contribution is 2.14. The standard InChI is InChI=1S/C6H4Cl2N2O2/c7-5-3(1-4(11)12)2-9-6(8)10-5/h2H,1H2,(H,11,12). The lowest BCUT2D eigenvalue weighted by Crippen LogP contribution is -2.02. The van der Waals surface area contributed by atoms with E-state index in [2.05, 4.69) is 9.97 Å². The molecule has 0 bridgehead atoms. The summed E-state index contributed by atoms with van der Waals surface area (Å²) in [5, 5.41) is 8.50. The molecule has 1 aromatic rings. The van der Waals surface area contributed by atoms with E-state index < -0.39 is 5.97 Å². The van der Waals surface area contributed by atoms with E-state index in [0.717, 1.165) is 0 Å². The first-order valence-corrected chi connectivity index (χ1v) is 3.74. The summed E-state index contributed by atoms with van der Waals surface area (Å²) in [4.78, 5) is 17.4. The van der Waals surface area contributed by atoms with Crippen molar-refractivity contribution in [3.63, 3.8) is 0 Å². The predicted octanol–water partition coefficient (Wildman–Crippen LogP) is 1.41. The highest BCUT2D eigenvalue weighted by atomic mass is 35.5. The van der Waals surface area contributed by atoms with Gasteiger partial charge in [-0.1, -0.05) is 11.6 Å². The van der Waals surface area contributed by atoms with Gasteiger partial charge in [0.15, 0.2) is 0 Å². The maximum Gasteiger partial charge on any atom is 0.307 e. The lowest BCUT2D eigenvalue weighted by atomic mass is 10.2. The summed E-state index contributed by atoms with van der Waals surface area (Å²) >= 11 is 11.0. The normalized spacial score (nSPS) is 9.83. The average Bonchev–Trinajstić information content (AvgIpc) is 1.94. The smallest absolute Gasteiger partial charge is 0.307 e. The molecule has 0 atom stereocenters. The van der Waals surface area contributed by atoms with Crippen LogP contribution in [-0.4, -0.2) is 21.0 Å². The van der Waals surface area contributed by atoms with Crippen LogP contribution in [0.15, 0.2) is 6.20 Å². The van der Waals surface area contributed by atoms with Gasteiger partial charge in [-0.2, -0.15) is 0 Å². The zero-order valence-corrected chi connectivity index (χ0v) is 7.30. The minimum Gasteiger partial charge on any atom is -0.481 e. The summed E-state index contributed by atoms with van der Waals surface area (Å²) in [6.07, 6.45) is 1.10. The molecular weight excluding hydrogens is 203 g/mol. The fourth-order valence-electron chi connectivity index (χ4n) is 0.648. The van der Waals surface area contributed by atoms with Crippen LogP contribution in [-0.2, 0) is 11.2 Å². The van der Waals surface area contributed by atoms with Gasteiger partial charge in [-0.25, -0.2) is 9.97 Å². The number of carbonyl (C=O) groups is 1. The van der Waals surface area contributed by atoms with E-state index in [0.29, 0.717) is 5.56 Å². The minimum atomic E-state index is -0.983. The van der Waals surface area contributed by atoms with E-state index in [4.69, 9.17) is 28.3 Å². The Balaban J connectivity index is 2.93. The molecule has 0 aliphatic rings. The van der Waals surface area contributed by atoms with E-state index in [1.54, 1.807) is 0 Å². The first-order valence-electron chi connectivity index (χ1n) is 2.98. The summed E-state index contributed by atoms with van der Waals surface area (Å²) in [5.74, 6) is -0.983. The third kappa shape index (κ3) is 2.32. The second-order valence-electron chi connectivity index (χ2n) is 2.03. The lowest BCUT2D eigenvalue weighted by molar-refractivity contribution is -0.136. The van der Waals surface area contributed by atoms with Crippen LogP contribution in [0.5, 0.6) is 0 Å². The summed E-state index contributed by atoms with van der Waals surface area (Å²) < 4.78 is 0. The predicted molar refractivity (Wildman–Crippen MR) is 43.4 cm³/mol. The Hall–Kier alpha value is -0.870. The number of hydrogen-bond acceptors (Lipinski definition) is 3. The second kappa shape index (κ2) is 3.69. The fraction of sp³-hybridized carbons (Fsp3) is 0.167. The molecule has 4 nitrogen and oxygen atoms in total. The molecule has 6 heteroatoms. The van der Waals surface area contributed by atoms with Crippen molar-refractivity contribution in [2.45, 2.75) is 6.42 Å². The topological polar surface area (TPSA) is 63.1 Å². The molecule has 0 aliphatic heterocycles. The third-order valence-electron chi connectivity index (χ3n) is 1.12. The monoisotopic (exact) mass is 206 g/mol. The highest BCUT2D eigenvalue weighted by Gasteiger charge is 2.07. The molecule has 0 fully saturated rings. The molecule has 0 aromatic carbocycles. The first kappa shape index (κ1) is 9.22. The zero-order chi connectivity index (χ0) is 9.14. The molecule has 1 aromatic heterocycles. The number of halogens is 2. The number of nitrogens with zero attached hydrogens (tertiary/aromatic N) is 2. The van der Waals surface area contributed by atoms with Gasteiger partial charge >= 0.3 is 5.97 Å². The Labute approximate surface area is 78.2 Å². The molecule has 0 saturated heterocycles. The molecule has 1 N–H and O–H groups in total. The number of carboxylic acids is 1. The van der Waals surface area contributed by atoms with E-state index >= 15 is 0 Å². The van der Waals surface area contributed by atoms with E-state index in [1.807, 2.05) is 0 Å². The average molecular weight is 207 g/mol. The van der Waals surface area contributed by atoms with Gasteiger partial charge in [-0.15, -0.1) is 0 Å². The molecule has 0 radical (unpaired) electrons. The first-order chi connectivity index (χ1) is 5.59. The van der Waals surface area contributed by atoms with E-state index in [-0.39, 0.29) is 16.9 Å². The summed E-state index contributed by atoms with van der Waals surface area (Å²) in [6.45, 7) is 0. The van der Waals surface area contributed by atoms with Crippen LogP contribution in [0.25, 0.3) is 0 Å². The van der Waals surface area contributed by atoms with Gasteiger partial charge < -0.3 is 5.11 Å². The van der Waals surface area contributed by atoms with Crippen molar-refractivity contribution in [3.8, 4) is 0 Å². The largest absolute Gasteiger partial charge is 0.481 e. The van der Waals surface area contributed by atoms with Crippen molar-refractivity contribution in [3.05, 3.63) is 22.2 Å². The Bertz CT molecular complexity index is 316. The number of carboxylic acid groups (broad SMARTS) is 1. The van der Waals surface area contributed by atoms with Crippen molar-refractivity contribution in [1.29, 1.82) is 0 Å². The van der Waals surface area contributed by atoms with Crippen LogP contribution in [0.3, 0.4) is 0 Å². The van der Waals surface area contributed by atoms with Crippen molar-refractivity contribution in [2.24, 2.45) is 0 Å². The van der Waals surface area contributed by atoms with Gasteiger partial charge in [-0.3, -0.25) is 4.79 Å². The van der Waals surface area contributed by atoms with Crippen LogP contribution in [0.1, 0.15) is 5.56 Å². The quantitative estimate of drug-likeness (QED) is 0.588. The zero-order valence-electron chi connectivity index (χ0n) is 5.79. The van der Waals surface area contributed by atoms with Crippen LogP contribution in [0, 0.1) is 0 Å². The van der Waals surface area contributed by atoms with Crippen LogP contribution < -0.4 is 0 Å². The Morgan fingerprint density at radius 3 is 2.75 bits per heavy atom. The number of aliphatic carboxylic acids is 1. The van der Waals surface area contributed by atoms with Crippen molar-refractivity contribution in [1.82, 2.24) is 9.97 Å². The molecule has 0 saturated carbocycles. The van der Waals surface area contributed by atoms with Gasteiger partial charge in [0.1, 0.15) is 5.15 Å². The van der Waals surface area contributed by atoms with Gasteiger partial charge in [0.2, 0.25) is 5.28 Å². The van der Waals surface area contributed by atoms with Crippen LogP contribution >= 0.6 is 23.2 Å². The molecule has 0 unspecified atom stereocenters. The third-order valence-corrected chi connectivity index (χ3v) is 1.63. The summed E-state index contributed by atoms with van der Waals surface area (Å²) in [6, 6.07) is 0. The molecule has 0 aliphatic carbocycles. The number of hydrogen-bond donors (Lipinski definition) is 1. The minimum absolute atomic E-state index is 0.00846. The van der Waals surface area contributed by atoms with Gasteiger partial charge in [0.25, 0.3) is 0 Å². The number of rotatable bonds is 2. The van der Waals surface area contributed by atoms with Crippen LogP contribution in [0.4, 0.5) is 0 Å². The van der Waals surface area contributed by atoms with Crippen molar-refractivity contribution < 1.29 is 9.90 Å². The lowest BCUT2D eigenvalue weighted by Gasteiger charge is -1.98. The maximum absolute atomic E-state index is 10.3. The second-order valence-corrected chi connectivity index (χ2v) is 2.72. The highest BCUT2D eigenvalue weighted by molar-refractivity contribution is 6.32. The fourth-order valence-corrected chi connectivity index (χ4v) is 1.02. The van der Waals surface area contributed by atoms with E-state index in [9.17, 15) is 4.79 Å². The van der Waals surface area contributed by atoms with Gasteiger partial charge in [-0.05, 0) is 11.6 Å². The SMILES string of the molecule is O=C(O)Cc1cnc(Cl)nc1Cl. The molecule has 64 valence electrons. The maximum atomic E-state index is 10.3. The van der Waals surface area contributed by atoms with Gasteiger partial charge in [0, 0.05) is 11.8 Å². The Kier molecular flexibility index (Phi) is 2.83. The molecule has 0 amide bonds. The number of aromatic nitrogens is 2. The summed E-state index contributed by atoms with van der Waals surface area (Å²) in [5.41, 5.74) is 0.355. The molecule has 0 spiro atoms. The Morgan fingerprint density at radius 1 is 1.58 bits per heavy atom. The van der Waals surface area contributed by atoms with Crippen molar-refractivity contribution in [2.75, 3.05) is 0 Å². The van der Waals surface area contributed by atoms with Gasteiger partial charge in [0.05, 0.1) is 6.42 Å². The summed E-state index contributed by atoms with van der Waals surface area (Å²) in [7, 11) is 0. The van der Waals surface area contributed by atoms with Crippen molar-refractivity contribution >= 4 is 29.2 Å². The molecular formula is C6H4Cl2N2O2. The molecule has 12 heavy (non-hydrogen) atoms. The molecule has 1 heterocycles. The molecule has 1 rings (SSSR count). The van der Waals surface area contributed by atoms with Crippen LogP contribution in [0.2, 0.25) is 10.4 Å². The van der Waals surface area contributed by atoms with E-state index in [1.165, 1.54) is 6.20 Å². The Morgan fingerprint density at radius 2 is 2.25 bits per heavy atom.